The van der Waals surface area contributed by atoms with Crippen LogP contribution in [0.25, 0.3) is 0 Å². The fourth-order valence-corrected chi connectivity index (χ4v) is 2.66. The van der Waals surface area contributed by atoms with E-state index >= 15 is 0 Å². The lowest BCUT2D eigenvalue weighted by Gasteiger charge is -2.10. The molecule has 0 fully saturated rings. The average molecular weight is 304 g/mol. The highest BCUT2D eigenvalue weighted by Crippen LogP contribution is 2.27. The number of carbonyl (C=O) groups excluding carboxylic acids is 2. The van der Waals surface area contributed by atoms with E-state index in [0.29, 0.717) is 22.6 Å². The van der Waals surface area contributed by atoms with Crippen molar-refractivity contribution in [3.8, 4) is 0 Å². The van der Waals surface area contributed by atoms with E-state index in [2.05, 4.69) is 15.5 Å². The Bertz CT molecular complexity index is 662. The smallest absolute Gasteiger partial charge is 0.259 e. The van der Waals surface area contributed by atoms with Gasteiger partial charge in [0, 0.05) is 10.6 Å². The fraction of sp³-hybridized carbons (Fsp3) is 0.214. The van der Waals surface area contributed by atoms with Crippen molar-refractivity contribution in [2.45, 2.75) is 18.7 Å². The zero-order valence-electron chi connectivity index (χ0n) is 11.8. The molecule has 0 saturated carbocycles. The summed E-state index contributed by atoms with van der Waals surface area (Å²) in [5.41, 5.74) is 7.69. The minimum atomic E-state index is -0.400. The van der Waals surface area contributed by atoms with Gasteiger partial charge in [0.05, 0.1) is 22.7 Å². The van der Waals surface area contributed by atoms with Crippen LogP contribution in [0.1, 0.15) is 21.7 Å². The van der Waals surface area contributed by atoms with Gasteiger partial charge >= 0.3 is 0 Å². The standard InChI is InChI=1S/C14H16N4O2S/c1-8-13(9(2)18-17-8)14(20)16-10-5-3-4-6-11(10)21-7-12(15)19/h3-6H,7H2,1-2H3,(H2,15,19)(H,16,20)(H,17,18). The summed E-state index contributed by atoms with van der Waals surface area (Å²) in [4.78, 5) is 24.0. The van der Waals surface area contributed by atoms with E-state index in [4.69, 9.17) is 5.73 Å². The zero-order chi connectivity index (χ0) is 15.4. The zero-order valence-corrected chi connectivity index (χ0v) is 12.6. The van der Waals surface area contributed by atoms with Crippen molar-refractivity contribution in [1.82, 2.24) is 10.2 Å². The molecular weight excluding hydrogens is 288 g/mol. The lowest BCUT2D eigenvalue weighted by molar-refractivity contribution is -0.115. The molecule has 2 rings (SSSR count). The predicted molar refractivity (Wildman–Crippen MR) is 82.4 cm³/mol. The van der Waals surface area contributed by atoms with Gasteiger partial charge in [0.15, 0.2) is 0 Å². The number of para-hydroxylation sites is 1. The summed E-state index contributed by atoms with van der Waals surface area (Å²) >= 11 is 1.29. The number of aromatic nitrogens is 2. The lowest BCUT2D eigenvalue weighted by atomic mass is 10.2. The van der Waals surface area contributed by atoms with Crippen molar-refractivity contribution >= 4 is 29.3 Å². The number of hydrogen-bond acceptors (Lipinski definition) is 4. The third-order valence-electron chi connectivity index (χ3n) is 2.86. The molecule has 1 aromatic carbocycles. The Kier molecular flexibility index (Phi) is 4.64. The second kappa shape index (κ2) is 6.45. The minimum Gasteiger partial charge on any atom is -0.369 e. The van der Waals surface area contributed by atoms with E-state index in [1.165, 1.54) is 11.8 Å². The fourth-order valence-electron chi connectivity index (χ4n) is 1.91. The third kappa shape index (κ3) is 3.63. The molecular formula is C14H16N4O2S. The largest absolute Gasteiger partial charge is 0.369 e. The Hall–Kier alpha value is -2.28. The summed E-state index contributed by atoms with van der Waals surface area (Å²) in [6, 6.07) is 7.27. The molecule has 1 heterocycles. The van der Waals surface area contributed by atoms with E-state index in [1.54, 1.807) is 19.9 Å². The van der Waals surface area contributed by atoms with Gasteiger partial charge in [0.2, 0.25) is 5.91 Å². The van der Waals surface area contributed by atoms with Crippen LogP contribution in [-0.2, 0) is 4.79 Å². The van der Waals surface area contributed by atoms with Gasteiger partial charge in [-0.2, -0.15) is 5.10 Å². The van der Waals surface area contributed by atoms with Crippen LogP contribution in [0, 0.1) is 13.8 Å². The van der Waals surface area contributed by atoms with Crippen molar-refractivity contribution in [1.29, 1.82) is 0 Å². The number of rotatable bonds is 5. The van der Waals surface area contributed by atoms with Gasteiger partial charge in [-0.15, -0.1) is 11.8 Å². The summed E-state index contributed by atoms with van der Waals surface area (Å²) < 4.78 is 0. The molecule has 0 atom stereocenters. The number of primary amides is 1. The maximum Gasteiger partial charge on any atom is 0.259 e. The number of hydrogen-bond donors (Lipinski definition) is 3. The van der Waals surface area contributed by atoms with Crippen molar-refractivity contribution in [2.75, 3.05) is 11.1 Å². The van der Waals surface area contributed by atoms with Gasteiger partial charge in [0.25, 0.3) is 5.91 Å². The molecule has 21 heavy (non-hydrogen) atoms. The van der Waals surface area contributed by atoms with E-state index < -0.39 is 5.91 Å². The van der Waals surface area contributed by atoms with E-state index in [-0.39, 0.29) is 11.7 Å². The average Bonchev–Trinajstić information content (AvgIpc) is 2.77. The Morgan fingerprint density at radius 2 is 2.05 bits per heavy atom. The van der Waals surface area contributed by atoms with Crippen LogP contribution < -0.4 is 11.1 Å². The number of aryl methyl sites for hydroxylation is 2. The molecule has 7 heteroatoms. The first-order valence-electron chi connectivity index (χ1n) is 6.32. The number of anilines is 1. The molecule has 0 saturated heterocycles. The molecule has 6 nitrogen and oxygen atoms in total. The molecule has 0 spiro atoms. The molecule has 0 radical (unpaired) electrons. The van der Waals surface area contributed by atoms with Crippen molar-refractivity contribution < 1.29 is 9.59 Å². The maximum atomic E-state index is 12.3. The number of nitrogens with one attached hydrogen (secondary N) is 2. The van der Waals surface area contributed by atoms with Gasteiger partial charge in [-0.25, -0.2) is 0 Å². The summed E-state index contributed by atoms with van der Waals surface area (Å²) in [5, 5.41) is 9.64. The molecule has 1 aromatic heterocycles. The molecule has 4 N–H and O–H groups in total. The highest BCUT2D eigenvalue weighted by Gasteiger charge is 2.16. The first-order chi connectivity index (χ1) is 9.99. The first-order valence-corrected chi connectivity index (χ1v) is 7.30. The molecule has 0 aliphatic heterocycles. The molecule has 2 aromatic rings. The molecule has 2 amide bonds. The van der Waals surface area contributed by atoms with E-state index in [9.17, 15) is 9.59 Å². The summed E-state index contributed by atoms with van der Waals surface area (Å²) in [7, 11) is 0. The number of carbonyl (C=O) groups is 2. The number of H-pyrrole nitrogens is 1. The van der Waals surface area contributed by atoms with Gasteiger partial charge in [0.1, 0.15) is 0 Å². The van der Waals surface area contributed by atoms with Crippen LogP contribution in [0.2, 0.25) is 0 Å². The van der Waals surface area contributed by atoms with Crippen LogP contribution in [0.15, 0.2) is 29.2 Å². The Balaban J connectivity index is 2.20. The van der Waals surface area contributed by atoms with Crippen LogP contribution in [0.5, 0.6) is 0 Å². The summed E-state index contributed by atoms with van der Waals surface area (Å²) in [6.07, 6.45) is 0. The second-order valence-corrected chi connectivity index (χ2v) is 5.53. The number of nitrogens with zero attached hydrogens (tertiary/aromatic N) is 1. The first kappa shape index (κ1) is 15.1. The number of amides is 2. The summed E-state index contributed by atoms with van der Waals surface area (Å²) in [5.74, 6) is -0.468. The molecule has 0 aliphatic rings. The van der Waals surface area contributed by atoms with Gasteiger partial charge < -0.3 is 11.1 Å². The van der Waals surface area contributed by atoms with Gasteiger partial charge in [-0.05, 0) is 26.0 Å². The Labute approximate surface area is 126 Å². The topological polar surface area (TPSA) is 101 Å². The maximum absolute atomic E-state index is 12.3. The number of thioether (sulfide) groups is 1. The molecule has 0 aliphatic carbocycles. The van der Waals surface area contributed by atoms with Gasteiger partial charge in [-0.3, -0.25) is 14.7 Å². The van der Waals surface area contributed by atoms with Crippen LogP contribution >= 0.6 is 11.8 Å². The second-order valence-electron chi connectivity index (χ2n) is 4.51. The van der Waals surface area contributed by atoms with Gasteiger partial charge in [-0.1, -0.05) is 12.1 Å². The number of benzene rings is 1. The quantitative estimate of drug-likeness (QED) is 0.734. The Morgan fingerprint density at radius 3 is 2.67 bits per heavy atom. The lowest BCUT2D eigenvalue weighted by Crippen LogP contribution is -2.15. The van der Waals surface area contributed by atoms with Crippen molar-refractivity contribution in [2.24, 2.45) is 5.73 Å². The van der Waals surface area contributed by atoms with E-state index in [1.807, 2.05) is 18.2 Å². The van der Waals surface area contributed by atoms with Crippen LogP contribution in [0.4, 0.5) is 5.69 Å². The monoisotopic (exact) mass is 304 g/mol. The Morgan fingerprint density at radius 1 is 1.33 bits per heavy atom. The number of nitrogens with two attached hydrogens (primary N) is 1. The van der Waals surface area contributed by atoms with Crippen molar-refractivity contribution in [3.63, 3.8) is 0 Å². The predicted octanol–water partition coefficient (Wildman–Crippen LogP) is 1.86. The highest BCUT2D eigenvalue weighted by molar-refractivity contribution is 8.00. The summed E-state index contributed by atoms with van der Waals surface area (Å²) in [6.45, 7) is 3.56. The van der Waals surface area contributed by atoms with Crippen LogP contribution in [-0.4, -0.2) is 27.8 Å². The molecule has 0 unspecified atom stereocenters. The van der Waals surface area contributed by atoms with Crippen molar-refractivity contribution in [3.05, 3.63) is 41.2 Å². The molecule has 110 valence electrons. The van der Waals surface area contributed by atoms with Crippen LogP contribution in [0.3, 0.4) is 0 Å². The number of aromatic amines is 1. The van der Waals surface area contributed by atoms with E-state index in [0.717, 1.165) is 4.90 Å². The normalized spacial score (nSPS) is 10.4. The SMILES string of the molecule is Cc1n[nH]c(C)c1C(=O)Nc1ccccc1SCC(N)=O. The third-order valence-corrected chi connectivity index (χ3v) is 3.96. The highest BCUT2D eigenvalue weighted by atomic mass is 32.2. The molecule has 0 bridgehead atoms. The minimum absolute atomic E-state index is 0.163.